The maximum Gasteiger partial charge on any atom is 0.321 e. The van der Waals surface area contributed by atoms with E-state index in [0.717, 1.165) is 6.07 Å². The van der Waals surface area contributed by atoms with Gasteiger partial charge in [-0.25, -0.2) is 13.6 Å². The first kappa shape index (κ1) is 15.3. The zero-order valence-corrected chi connectivity index (χ0v) is 12.2. The highest BCUT2D eigenvalue weighted by atomic mass is 35.5. The van der Waals surface area contributed by atoms with E-state index in [1.54, 1.807) is 32.3 Å². The molecule has 0 aliphatic heterocycles. The van der Waals surface area contributed by atoms with Crippen LogP contribution in [0.15, 0.2) is 36.4 Å². The molecule has 0 unspecified atom stereocenters. The number of nitrogens with one attached hydrogen (secondary N) is 1. The second-order valence-corrected chi connectivity index (χ2v) is 5.11. The SMILES string of the molecule is CN(C)C(=O)Nc1ccc(Cl)cc1-c1cc(F)cc(F)c1. The van der Waals surface area contributed by atoms with Crippen molar-refractivity contribution < 1.29 is 13.6 Å². The van der Waals surface area contributed by atoms with Gasteiger partial charge in [0.2, 0.25) is 0 Å². The number of carbonyl (C=O) groups is 1. The number of urea groups is 1. The van der Waals surface area contributed by atoms with Crippen LogP contribution in [0.3, 0.4) is 0 Å². The van der Waals surface area contributed by atoms with Crippen molar-refractivity contribution >= 4 is 23.3 Å². The van der Waals surface area contributed by atoms with Crippen LogP contribution in [0.4, 0.5) is 19.3 Å². The minimum absolute atomic E-state index is 0.295. The molecule has 1 N–H and O–H groups in total. The Bertz CT molecular complexity index is 669. The molecular formula is C15H13ClF2N2O. The lowest BCUT2D eigenvalue weighted by atomic mass is 10.0. The van der Waals surface area contributed by atoms with Gasteiger partial charge < -0.3 is 10.2 Å². The van der Waals surface area contributed by atoms with Crippen LogP contribution < -0.4 is 5.32 Å². The van der Waals surface area contributed by atoms with Gasteiger partial charge in [0.1, 0.15) is 11.6 Å². The van der Waals surface area contributed by atoms with Crippen molar-refractivity contribution in [3.8, 4) is 11.1 Å². The summed E-state index contributed by atoms with van der Waals surface area (Å²) in [5.41, 5.74) is 1.16. The van der Waals surface area contributed by atoms with Crippen molar-refractivity contribution in [2.24, 2.45) is 0 Å². The van der Waals surface area contributed by atoms with Gasteiger partial charge in [0, 0.05) is 30.7 Å². The Hall–Kier alpha value is -2.14. The number of anilines is 1. The standard InChI is InChI=1S/C15H13ClF2N2O/c1-20(2)15(21)19-14-4-3-10(16)7-13(14)9-5-11(17)8-12(18)6-9/h3-8H,1-2H3,(H,19,21). The molecule has 3 nitrogen and oxygen atoms in total. The summed E-state index contributed by atoms with van der Waals surface area (Å²) >= 11 is 5.93. The fraction of sp³-hybridized carbons (Fsp3) is 0.133. The van der Waals surface area contributed by atoms with Crippen LogP contribution in [0, 0.1) is 11.6 Å². The maximum absolute atomic E-state index is 13.4. The second kappa shape index (κ2) is 6.10. The number of halogens is 3. The van der Waals surface area contributed by atoms with E-state index in [9.17, 15) is 13.6 Å². The van der Waals surface area contributed by atoms with Crippen molar-refractivity contribution in [1.29, 1.82) is 0 Å². The molecule has 0 aliphatic rings. The lowest BCUT2D eigenvalue weighted by Crippen LogP contribution is -2.27. The normalized spacial score (nSPS) is 10.3. The Kier molecular flexibility index (Phi) is 4.43. The van der Waals surface area contributed by atoms with Crippen LogP contribution in [0.2, 0.25) is 5.02 Å². The van der Waals surface area contributed by atoms with Crippen molar-refractivity contribution in [3.63, 3.8) is 0 Å². The van der Waals surface area contributed by atoms with Crippen molar-refractivity contribution in [1.82, 2.24) is 4.90 Å². The molecule has 0 radical (unpaired) electrons. The first-order chi connectivity index (χ1) is 9.86. The van der Waals surface area contributed by atoms with E-state index in [1.165, 1.54) is 17.0 Å². The molecule has 0 spiro atoms. The predicted molar refractivity (Wildman–Crippen MR) is 79.5 cm³/mol. The van der Waals surface area contributed by atoms with Crippen molar-refractivity contribution in [3.05, 3.63) is 53.1 Å². The molecule has 110 valence electrons. The van der Waals surface area contributed by atoms with Crippen molar-refractivity contribution in [2.75, 3.05) is 19.4 Å². The average molecular weight is 311 g/mol. The summed E-state index contributed by atoms with van der Waals surface area (Å²) in [7, 11) is 3.18. The summed E-state index contributed by atoms with van der Waals surface area (Å²) in [5, 5.41) is 3.06. The topological polar surface area (TPSA) is 32.3 Å². The molecule has 6 heteroatoms. The molecule has 2 rings (SSSR count). The van der Waals surface area contributed by atoms with Crippen LogP contribution in [-0.4, -0.2) is 25.0 Å². The van der Waals surface area contributed by atoms with Gasteiger partial charge in [0.25, 0.3) is 0 Å². The average Bonchev–Trinajstić information content (AvgIpc) is 2.39. The molecule has 0 atom stereocenters. The summed E-state index contributed by atoms with van der Waals surface area (Å²) in [4.78, 5) is 13.1. The molecule has 0 aliphatic carbocycles. The molecule has 2 aromatic carbocycles. The second-order valence-electron chi connectivity index (χ2n) is 4.67. The molecule has 2 amide bonds. The Morgan fingerprint density at radius 3 is 2.29 bits per heavy atom. The summed E-state index contributed by atoms with van der Waals surface area (Å²) in [6.07, 6.45) is 0. The van der Waals surface area contributed by atoms with E-state index >= 15 is 0 Å². The van der Waals surface area contributed by atoms with E-state index < -0.39 is 11.6 Å². The van der Waals surface area contributed by atoms with Crippen LogP contribution in [0.5, 0.6) is 0 Å². The molecule has 2 aromatic rings. The van der Waals surface area contributed by atoms with Crippen LogP contribution in [0.1, 0.15) is 0 Å². The summed E-state index contributed by atoms with van der Waals surface area (Å²) in [6.45, 7) is 0. The first-order valence-corrected chi connectivity index (χ1v) is 6.49. The third-order valence-electron chi connectivity index (χ3n) is 2.80. The highest BCUT2D eigenvalue weighted by Crippen LogP contribution is 2.32. The summed E-state index contributed by atoms with van der Waals surface area (Å²) in [5.74, 6) is -1.40. The van der Waals surface area contributed by atoms with E-state index in [0.29, 0.717) is 21.8 Å². The Morgan fingerprint density at radius 2 is 1.71 bits per heavy atom. The van der Waals surface area contributed by atoms with Gasteiger partial charge in [0.15, 0.2) is 0 Å². The zero-order valence-electron chi connectivity index (χ0n) is 11.5. The lowest BCUT2D eigenvalue weighted by Gasteiger charge is -2.15. The minimum atomic E-state index is -0.699. The number of benzene rings is 2. The van der Waals surface area contributed by atoms with Crippen molar-refractivity contribution in [2.45, 2.75) is 0 Å². The Morgan fingerprint density at radius 1 is 1.10 bits per heavy atom. The third-order valence-corrected chi connectivity index (χ3v) is 3.04. The fourth-order valence-electron chi connectivity index (χ4n) is 1.80. The quantitative estimate of drug-likeness (QED) is 0.877. The van der Waals surface area contributed by atoms with Crippen LogP contribution in [-0.2, 0) is 0 Å². The zero-order chi connectivity index (χ0) is 15.6. The highest BCUT2D eigenvalue weighted by Gasteiger charge is 2.12. The van der Waals surface area contributed by atoms with Gasteiger partial charge in [0.05, 0.1) is 5.69 Å². The predicted octanol–water partition coefficient (Wildman–Crippen LogP) is 4.38. The summed E-state index contributed by atoms with van der Waals surface area (Å²) < 4.78 is 26.7. The number of carbonyl (C=O) groups excluding carboxylic acids is 1. The molecule has 0 heterocycles. The lowest BCUT2D eigenvalue weighted by molar-refractivity contribution is 0.230. The van der Waals surface area contributed by atoms with E-state index in [1.807, 2.05) is 0 Å². The molecule has 0 aromatic heterocycles. The smallest absolute Gasteiger partial charge is 0.321 e. The van der Waals surface area contributed by atoms with Gasteiger partial charge in [-0.05, 0) is 35.9 Å². The monoisotopic (exact) mass is 310 g/mol. The minimum Gasteiger partial charge on any atom is -0.331 e. The number of nitrogens with zero attached hydrogens (tertiary/aromatic N) is 1. The highest BCUT2D eigenvalue weighted by molar-refractivity contribution is 6.31. The van der Waals surface area contributed by atoms with Gasteiger partial charge in [-0.15, -0.1) is 0 Å². The number of amides is 2. The number of hydrogen-bond donors (Lipinski definition) is 1. The molecular weight excluding hydrogens is 298 g/mol. The molecule has 0 bridgehead atoms. The van der Waals surface area contributed by atoms with Crippen LogP contribution >= 0.6 is 11.6 Å². The maximum atomic E-state index is 13.4. The van der Waals surface area contributed by atoms with Gasteiger partial charge in [-0.3, -0.25) is 0 Å². The molecule has 0 saturated heterocycles. The third kappa shape index (κ3) is 3.70. The van der Waals surface area contributed by atoms with E-state index in [-0.39, 0.29) is 6.03 Å². The Labute approximate surface area is 126 Å². The molecule has 0 saturated carbocycles. The number of rotatable bonds is 2. The molecule has 0 fully saturated rings. The van der Waals surface area contributed by atoms with Gasteiger partial charge in [-0.1, -0.05) is 11.6 Å². The van der Waals surface area contributed by atoms with Gasteiger partial charge in [-0.2, -0.15) is 0 Å². The van der Waals surface area contributed by atoms with E-state index in [2.05, 4.69) is 5.32 Å². The first-order valence-electron chi connectivity index (χ1n) is 6.11. The van der Waals surface area contributed by atoms with Gasteiger partial charge >= 0.3 is 6.03 Å². The largest absolute Gasteiger partial charge is 0.331 e. The van der Waals surface area contributed by atoms with Crippen LogP contribution in [0.25, 0.3) is 11.1 Å². The summed E-state index contributed by atoms with van der Waals surface area (Å²) in [6, 6.07) is 7.51. The molecule has 21 heavy (non-hydrogen) atoms. The van der Waals surface area contributed by atoms with E-state index in [4.69, 9.17) is 11.6 Å². The fourth-order valence-corrected chi connectivity index (χ4v) is 1.97. The number of hydrogen-bond acceptors (Lipinski definition) is 1. The Balaban J connectivity index is 2.51.